The molecule has 0 fully saturated rings. The van der Waals surface area contributed by atoms with Crippen molar-refractivity contribution in [2.45, 2.75) is 33.0 Å². The van der Waals surface area contributed by atoms with Gasteiger partial charge in [0.1, 0.15) is 34.1 Å². The van der Waals surface area contributed by atoms with Crippen LogP contribution in [-0.4, -0.2) is 24.1 Å². The lowest BCUT2D eigenvalue weighted by atomic mass is 10.1. The molecule has 1 aromatic carbocycles. The standard InChI is InChI=1S/C19H19FN2O5S/c1-4-25-17(23)15-14(13(9-21)16(22)28-15)10-26-18(24)19(2,3)27-12-7-5-11(20)6-8-12/h5-8H,4,10,22H2,1-3H3. The van der Waals surface area contributed by atoms with Crippen molar-refractivity contribution in [3.8, 4) is 11.8 Å². The van der Waals surface area contributed by atoms with E-state index in [-0.39, 0.29) is 40.0 Å². The fourth-order valence-electron chi connectivity index (χ4n) is 2.26. The number of carbonyl (C=O) groups is 2. The molecule has 1 aromatic heterocycles. The summed E-state index contributed by atoms with van der Waals surface area (Å²) in [7, 11) is 0. The number of esters is 2. The summed E-state index contributed by atoms with van der Waals surface area (Å²) in [6.45, 7) is 4.42. The molecule has 0 saturated heterocycles. The van der Waals surface area contributed by atoms with Crippen molar-refractivity contribution in [1.82, 2.24) is 0 Å². The maximum absolute atomic E-state index is 13.0. The van der Waals surface area contributed by atoms with Gasteiger partial charge in [0.05, 0.1) is 12.2 Å². The zero-order valence-electron chi connectivity index (χ0n) is 15.6. The van der Waals surface area contributed by atoms with E-state index < -0.39 is 23.4 Å². The van der Waals surface area contributed by atoms with Crippen molar-refractivity contribution in [3.63, 3.8) is 0 Å². The summed E-state index contributed by atoms with van der Waals surface area (Å²) in [6.07, 6.45) is 0. The summed E-state index contributed by atoms with van der Waals surface area (Å²) in [5.74, 6) is -1.53. The lowest BCUT2D eigenvalue weighted by molar-refractivity contribution is -0.160. The molecule has 1 heterocycles. The second-order valence-electron chi connectivity index (χ2n) is 6.12. The molecule has 0 aliphatic carbocycles. The highest BCUT2D eigenvalue weighted by atomic mass is 32.1. The number of rotatable bonds is 7. The van der Waals surface area contributed by atoms with E-state index in [0.29, 0.717) is 0 Å². The minimum Gasteiger partial charge on any atom is -0.476 e. The number of hydrogen-bond donors (Lipinski definition) is 1. The Bertz CT molecular complexity index is 916. The molecule has 0 aliphatic rings. The quantitative estimate of drug-likeness (QED) is 0.701. The van der Waals surface area contributed by atoms with Crippen LogP contribution in [0.5, 0.6) is 5.75 Å². The molecule has 2 rings (SSSR count). The maximum atomic E-state index is 13.0. The molecule has 0 unspecified atom stereocenters. The Morgan fingerprint density at radius 1 is 1.25 bits per heavy atom. The van der Waals surface area contributed by atoms with Gasteiger partial charge in [-0.15, -0.1) is 11.3 Å². The molecule has 0 bridgehead atoms. The first-order chi connectivity index (χ1) is 13.2. The van der Waals surface area contributed by atoms with E-state index in [1.807, 2.05) is 6.07 Å². The summed E-state index contributed by atoms with van der Waals surface area (Å²) in [4.78, 5) is 24.7. The Morgan fingerprint density at radius 2 is 1.89 bits per heavy atom. The van der Waals surface area contributed by atoms with Crippen LogP contribution in [0.4, 0.5) is 9.39 Å². The third-order valence-corrected chi connectivity index (χ3v) is 4.67. The molecule has 2 aromatic rings. The van der Waals surface area contributed by atoms with Gasteiger partial charge in [-0.1, -0.05) is 0 Å². The highest BCUT2D eigenvalue weighted by Gasteiger charge is 2.33. The van der Waals surface area contributed by atoms with E-state index in [4.69, 9.17) is 19.9 Å². The van der Waals surface area contributed by atoms with Crippen LogP contribution in [0.3, 0.4) is 0 Å². The lowest BCUT2D eigenvalue weighted by Crippen LogP contribution is -2.39. The van der Waals surface area contributed by atoms with E-state index in [9.17, 15) is 19.2 Å². The van der Waals surface area contributed by atoms with Gasteiger partial charge in [0.15, 0.2) is 5.60 Å². The van der Waals surface area contributed by atoms with Crippen LogP contribution < -0.4 is 10.5 Å². The van der Waals surface area contributed by atoms with Crippen molar-refractivity contribution in [3.05, 3.63) is 46.1 Å². The fraction of sp³-hybridized carbons (Fsp3) is 0.316. The number of thiophene rings is 1. The Hall–Kier alpha value is -3.12. The van der Waals surface area contributed by atoms with E-state index in [1.165, 1.54) is 38.1 Å². The minimum absolute atomic E-state index is 0.0677. The Kier molecular flexibility index (Phi) is 6.59. The smallest absolute Gasteiger partial charge is 0.350 e. The number of nitriles is 1. The number of benzene rings is 1. The number of anilines is 1. The van der Waals surface area contributed by atoms with Gasteiger partial charge >= 0.3 is 11.9 Å². The summed E-state index contributed by atoms with van der Waals surface area (Å²) in [5.41, 5.74) is 4.65. The van der Waals surface area contributed by atoms with E-state index in [1.54, 1.807) is 6.92 Å². The Balaban J connectivity index is 2.16. The number of nitrogens with two attached hydrogens (primary N) is 1. The first kappa shape index (κ1) is 21.2. The average molecular weight is 406 g/mol. The van der Waals surface area contributed by atoms with Crippen molar-refractivity contribution in [1.29, 1.82) is 5.26 Å². The van der Waals surface area contributed by atoms with Crippen LogP contribution in [0.25, 0.3) is 0 Å². The van der Waals surface area contributed by atoms with Crippen LogP contribution in [0, 0.1) is 17.1 Å². The monoisotopic (exact) mass is 406 g/mol. The van der Waals surface area contributed by atoms with Gasteiger partial charge in [-0.25, -0.2) is 14.0 Å². The predicted molar refractivity (Wildman–Crippen MR) is 100 cm³/mol. The molecule has 148 valence electrons. The number of ether oxygens (including phenoxy) is 3. The van der Waals surface area contributed by atoms with Crippen LogP contribution in [0.2, 0.25) is 0 Å². The molecular weight excluding hydrogens is 387 g/mol. The fourth-order valence-corrected chi connectivity index (χ4v) is 3.17. The largest absolute Gasteiger partial charge is 0.476 e. The highest BCUT2D eigenvalue weighted by molar-refractivity contribution is 7.18. The van der Waals surface area contributed by atoms with Crippen molar-refractivity contribution < 1.29 is 28.2 Å². The second kappa shape index (κ2) is 8.71. The van der Waals surface area contributed by atoms with Crippen molar-refractivity contribution in [2.75, 3.05) is 12.3 Å². The summed E-state index contributed by atoms with van der Waals surface area (Å²) >= 11 is 0.899. The van der Waals surface area contributed by atoms with Gasteiger partial charge in [-0.3, -0.25) is 0 Å². The van der Waals surface area contributed by atoms with Gasteiger partial charge in [0, 0.05) is 5.56 Å². The predicted octanol–water partition coefficient (Wildman–Crippen LogP) is 3.42. The molecule has 2 N–H and O–H groups in total. The van der Waals surface area contributed by atoms with Gasteiger partial charge in [0.2, 0.25) is 0 Å². The normalized spacial score (nSPS) is 10.8. The maximum Gasteiger partial charge on any atom is 0.350 e. The number of hydrogen-bond acceptors (Lipinski definition) is 8. The SMILES string of the molecule is CCOC(=O)c1sc(N)c(C#N)c1COC(=O)C(C)(C)Oc1ccc(F)cc1. The Morgan fingerprint density at radius 3 is 2.46 bits per heavy atom. The molecule has 0 amide bonds. The summed E-state index contributed by atoms with van der Waals surface area (Å²) < 4.78 is 28.8. The molecule has 0 radical (unpaired) electrons. The summed E-state index contributed by atoms with van der Waals surface area (Å²) in [6, 6.07) is 7.09. The van der Waals surface area contributed by atoms with E-state index in [0.717, 1.165) is 11.3 Å². The van der Waals surface area contributed by atoms with Gasteiger partial charge in [-0.05, 0) is 45.0 Å². The van der Waals surface area contributed by atoms with Gasteiger partial charge < -0.3 is 19.9 Å². The van der Waals surface area contributed by atoms with Crippen molar-refractivity contribution in [2.24, 2.45) is 0 Å². The average Bonchev–Trinajstić information content (AvgIpc) is 2.97. The molecule has 7 nitrogen and oxygen atoms in total. The minimum atomic E-state index is -1.39. The summed E-state index contributed by atoms with van der Waals surface area (Å²) in [5, 5.41) is 9.43. The van der Waals surface area contributed by atoms with E-state index in [2.05, 4.69) is 0 Å². The zero-order chi connectivity index (χ0) is 20.9. The highest BCUT2D eigenvalue weighted by Crippen LogP contribution is 2.32. The first-order valence-electron chi connectivity index (χ1n) is 8.29. The van der Waals surface area contributed by atoms with Gasteiger partial charge in [-0.2, -0.15) is 5.26 Å². The van der Waals surface area contributed by atoms with Crippen LogP contribution in [0.1, 0.15) is 41.6 Å². The first-order valence-corrected chi connectivity index (χ1v) is 9.11. The number of nitrogens with zero attached hydrogens (tertiary/aromatic N) is 1. The van der Waals surface area contributed by atoms with Gasteiger partial charge in [0.25, 0.3) is 0 Å². The number of nitrogen functional groups attached to an aromatic ring is 1. The van der Waals surface area contributed by atoms with Crippen LogP contribution in [0.15, 0.2) is 24.3 Å². The third-order valence-electron chi connectivity index (χ3n) is 3.63. The molecule has 28 heavy (non-hydrogen) atoms. The zero-order valence-corrected chi connectivity index (χ0v) is 16.4. The molecular formula is C19H19FN2O5S. The molecule has 0 spiro atoms. The number of carbonyl (C=O) groups excluding carboxylic acids is 2. The Labute approximate surface area is 165 Å². The lowest BCUT2D eigenvalue weighted by Gasteiger charge is -2.24. The molecule has 0 aliphatic heterocycles. The molecule has 0 saturated carbocycles. The third kappa shape index (κ3) is 4.78. The molecule has 0 atom stereocenters. The molecule has 9 heteroatoms. The number of halogens is 1. The topological polar surface area (TPSA) is 112 Å². The van der Waals surface area contributed by atoms with Crippen molar-refractivity contribution >= 4 is 28.3 Å². The van der Waals surface area contributed by atoms with Crippen LogP contribution in [-0.2, 0) is 20.9 Å². The van der Waals surface area contributed by atoms with E-state index >= 15 is 0 Å². The van der Waals surface area contributed by atoms with Crippen LogP contribution >= 0.6 is 11.3 Å². The second-order valence-corrected chi connectivity index (χ2v) is 7.18.